The van der Waals surface area contributed by atoms with Crippen molar-refractivity contribution in [3.05, 3.63) is 65.7 Å². The summed E-state index contributed by atoms with van der Waals surface area (Å²) in [7, 11) is 3.24. The van der Waals surface area contributed by atoms with Crippen molar-refractivity contribution >= 4 is 23.4 Å². The summed E-state index contributed by atoms with van der Waals surface area (Å²) in [6, 6.07) is 14.5. The van der Waals surface area contributed by atoms with Gasteiger partial charge >= 0.3 is 0 Å². The van der Waals surface area contributed by atoms with E-state index in [9.17, 15) is 14.4 Å². The molecule has 0 saturated carbocycles. The fourth-order valence-electron chi connectivity index (χ4n) is 3.51. The number of rotatable bonds is 6. The molecule has 3 N–H and O–H groups in total. The van der Waals surface area contributed by atoms with E-state index in [1.54, 1.807) is 33.2 Å². The smallest absolute Gasteiger partial charge is 0.254 e. The van der Waals surface area contributed by atoms with Crippen LogP contribution in [0.5, 0.6) is 0 Å². The molecule has 2 unspecified atom stereocenters. The topological polar surface area (TPSA) is 90.5 Å². The van der Waals surface area contributed by atoms with Crippen LogP contribution in [0.4, 0.5) is 5.69 Å². The molecule has 3 amide bonds. The zero-order valence-electron chi connectivity index (χ0n) is 16.8. The lowest BCUT2D eigenvalue weighted by Gasteiger charge is -2.30. The van der Waals surface area contributed by atoms with Gasteiger partial charge in [0, 0.05) is 19.2 Å². The minimum atomic E-state index is -0.905. The molecule has 0 aromatic heterocycles. The van der Waals surface area contributed by atoms with Crippen molar-refractivity contribution in [3.8, 4) is 0 Å². The zero-order valence-corrected chi connectivity index (χ0v) is 16.8. The fourth-order valence-corrected chi connectivity index (χ4v) is 3.51. The summed E-state index contributed by atoms with van der Waals surface area (Å²) in [6.07, 6.45) is 0.434. The largest absolute Gasteiger partial charge is 0.357 e. The monoisotopic (exact) mass is 394 g/mol. The lowest BCUT2D eigenvalue weighted by Crippen LogP contribution is -2.53. The van der Waals surface area contributed by atoms with E-state index in [1.165, 1.54) is 4.90 Å². The summed E-state index contributed by atoms with van der Waals surface area (Å²) < 4.78 is 0. The Kier molecular flexibility index (Phi) is 6.29. The quantitative estimate of drug-likeness (QED) is 0.686. The number of hydrogen-bond acceptors (Lipinski definition) is 4. The third-order valence-electron chi connectivity index (χ3n) is 5.26. The second-order valence-corrected chi connectivity index (χ2v) is 7.03. The van der Waals surface area contributed by atoms with E-state index >= 15 is 0 Å². The third kappa shape index (κ3) is 4.14. The molecule has 7 heteroatoms. The molecule has 0 spiro atoms. The lowest BCUT2D eigenvalue weighted by atomic mass is 10.0. The van der Waals surface area contributed by atoms with Crippen LogP contribution in [-0.4, -0.2) is 43.9 Å². The molecule has 1 aliphatic heterocycles. The fraction of sp³-hybridized carbons (Fsp3) is 0.318. The summed E-state index contributed by atoms with van der Waals surface area (Å²) in [5.74, 6) is -0.874. The van der Waals surface area contributed by atoms with Gasteiger partial charge in [0.05, 0.1) is 6.04 Å². The van der Waals surface area contributed by atoms with Crippen LogP contribution in [0.1, 0.15) is 24.1 Å². The zero-order chi connectivity index (χ0) is 21.0. The Hall–Kier alpha value is -3.19. The molecule has 1 heterocycles. The molecular weight excluding hydrogens is 368 g/mol. The van der Waals surface area contributed by atoms with Gasteiger partial charge < -0.3 is 16.0 Å². The van der Waals surface area contributed by atoms with Crippen LogP contribution >= 0.6 is 0 Å². The van der Waals surface area contributed by atoms with Gasteiger partial charge in [0.2, 0.25) is 11.8 Å². The Bertz CT molecular complexity index is 900. The number of carbonyl (C=O) groups is 3. The number of benzene rings is 2. The van der Waals surface area contributed by atoms with Crippen molar-refractivity contribution in [1.29, 1.82) is 0 Å². The van der Waals surface area contributed by atoms with Gasteiger partial charge in [-0.1, -0.05) is 48.5 Å². The molecule has 2 aromatic carbocycles. The average Bonchev–Trinajstić information content (AvgIpc) is 3.15. The third-order valence-corrected chi connectivity index (χ3v) is 5.26. The molecule has 7 nitrogen and oxygen atoms in total. The van der Waals surface area contributed by atoms with E-state index < -0.39 is 18.1 Å². The SMILES string of the molecule is CNC(=O)C1Cc2ccccc2N1C(=O)C(NC(=O)[C@H](C)NC)c1ccccc1. The normalized spacial score (nSPS) is 17.2. The van der Waals surface area contributed by atoms with E-state index in [1.807, 2.05) is 42.5 Å². The molecule has 0 radical (unpaired) electrons. The Labute approximate surface area is 170 Å². The van der Waals surface area contributed by atoms with Crippen LogP contribution in [0.3, 0.4) is 0 Å². The van der Waals surface area contributed by atoms with Crippen molar-refractivity contribution in [3.63, 3.8) is 0 Å². The van der Waals surface area contributed by atoms with Gasteiger partial charge in [-0.15, -0.1) is 0 Å². The van der Waals surface area contributed by atoms with Gasteiger partial charge in [-0.05, 0) is 31.2 Å². The van der Waals surface area contributed by atoms with Gasteiger partial charge in [-0.25, -0.2) is 0 Å². The Balaban J connectivity index is 2.01. The second kappa shape index (κ2) is 8.87. The summed E-state index contributed by atoms with van der Waals surface area (Å²) >= 11 is 0. The number of hydrogen-bond donors (Lipinski definition) is 3. The van der Waals surface area contributed by atoms with Gasteiger partial charge in [-0.2, -0.15) is 0 Å². The van der Waals surface area contributed by atoms with Crippen LogP contribution in [0.2, 0.25) is 0 Å². The summed E-state index contributed by atoms with van der Waals surface area (Å²) in [6.45, 7) is 1.72. The van der Waals surface area contributed by atoms with E-state index in [0.717, 1.165) is 5.56 Å². The molecule has 3 atom stereocenters. The molecule has 152 valence electrons. The molecule has 0 fully saturated rings. The standard InChI is InChI=1S/C22H26N4O3/c1-14(23-2)20(27)25-19(15-9-5-4-6-10-15)22(29)26-17-12-8-7-11-16(17)13-18(26)21(28)24-3/h4-12,14,18-19,23H,13H2,1-3H3,(H,24,28)(H,25,27)/t14-,18?,19?/m0/s1. The number of nitrogens with one attached hydrogen (secondary N) is 3. The average molecular weight is 394 g/mol. The van der Waals surface area contributed by atoms with E-state index in [-0.39, 0.29) is 17.7 Å². The first-order valence-electron chi connectivity index (χ1n) is 9.63. The summed E-state index contributed by atoms with van der Waals surface area (Å²) in [5, 5.41) is 8.37. The number of amides is 3. The van der Waals surface area contributed by atoms with Crippen LogP contribution in [0.15, 0.2) is 54.6 Å². The maximum Gasteiger partial charge on any atom is 0.254 e. The Morgan fingerprint density at radius 3 is 2.31 bits per heavy atom. The first kappa shape index (κ1) is 20.5. The minimum Gasteiger partial charge on any atom is -0.357 e. The van der Waals surface area contributed by atoms with Crippen LogP contribution in [0, 0.1) is 0 Å². The summed E-state index contributed by atoms with van der Waals surface area (Å²) in [4.78, 5) is 40.3. The van der Waals surface area contributed by atoms with Crippen molar-refractivity contribution < 1.29 is 14.4 Å². The number of likely N-dealkylation sites (N-methyl/N-ethyl adjacent to an activating group) is 2. The lowest BCUT2D eigenvalue weighted by molar-refractivity contribution is -0.130. The van der Waals surface area contributed by atoms with E-state index in [4.69, 9.17) is 0 Å². The second-order valence-electron chi connectivity index (χ2n) is 7.03. The molecule has 0 aliphatic carbocycles. The molecule has 1 aliphatic rings. The van der Waals surface area contributed by atoms with Gasteiger partial charge in [0.1, 0.15) is 12.1 Å². The first-order valence-corrected chi connectivity index (χ1v) is 9.63. The number of para-hydroxylation sites is 1. The molecular formula is C22H26N4O3. The number of carbonyl (C=O) groups excluding carboxylic acids is 3. The molecule has 2 aromatic rings. The highest BCUT2D eigenvalue weighted by Crippen LogP contribution is 2.34. The predicted molar refractivity (Wildman–Crippen MR) is 111 cm³/mol. The number of anilines is 1. The van der Waals surface area contributed by atoms with E-state index in [2.05, 4.69) is 16.0 Å². The van der Waals surface area contributed by atoms with E-state index in [0.29, 0.717) is 17.7 Å². The van der Waals surface area contributed by atoms with Crippen molar-refractivity contribution in [1.82, 2.24) is 16.0 Å². The maximum atomic E-state index is 13.7. The Morgan fingerprint density at radius 1 is 1.00 bits per heavy atom. The summed E-state index contributed by atoms with van der Waals surface area (Å²) in [5.41, 5.74) is 2.29. The minimum absolute atomic E-state index is 0.240. The van der Waals surface area contributed by atoms with Crippen LogP contribution < -0.4 is 20.9 Å². The molecule has 3 rings (SSSR count). The first-order chi connectivity index (χ1) is 14.0. The number of nitrogens with zero attached hydrogens (tertiary/aromatic N) is 1. The van der Waals surface area contributed by atoms with Crippen molar-refractivity contribution in [2.24, 2.45) is 0 Å². The van der Waals surface area contributed by atoms with Gasteiger partial charge in [0.25, 0.3) is 5.91 Å². The highest BCUT2D eigenvalue weighted by Gasteiger charge is 2.41. The maximum absolute atomic E-state index is 13.7. The van der Waals surface area contributed by atoms with Gasteiger partial charge in [-0.3, -0.25) is 19.3 Å². The van der Waals surface area contributed by atoms with Gasteiger partial charge in [0.15, 0.2) is 0 Å². The van der Waals surface area contributed by atoms with Crippen molar-refractivity contribution in [2.45, 2.75) is 31.5 Å². The molecule has 0 saturated heterocycles. The van der Waals surface area contributed by atoms with Crippen LogP contribution in [-0.2, 0) is 20.8 Å². The molecule has 0 bridgehead atoms. The molecule has 29 heavy (non-hydrogen) atoms. The predicted octanol–water partition coefficient (Wildman–Crippen LogP) is 1.16. The number of fused-ring (bicyclic) bond motifs is 1. The Morgan fingerprint density at radius 2 is 1.66 bits per heavy atom. The van der Waals surface area contributed by atoms with Crippen molar-refractivity contribution in [2.75, 3.05) is 19.0 Å². The van der Waals surface area contributed by atoms with Crippen LogP contribution in [0.25, 0.3) is 0 Å². The highest BCUT2D eigenvalue weighted by molar-refractivity contribution is 6.07. The highest BCUT2D eigenvalue weighted by atomic mass is 16.2.